The van der Waals surface area contributed by atoms with Crippen molar-refractivity contribution in [3.63, 3.8) is 0 Å². The SMILES string of the molecule is Cc1ccc2c(c1)[C@@H](c1ccccc1)N(C(=O)c1cccs1)CC(=O)N2. The molecule has 0 aliphatic carbocycles. The second-order valence-electron chi connectivity index (χ2n) is 6.36. The first-order chi connectivity index (χ1) is 12.6. The molecule has 0 saturated heterocycles. The summed E-state index contributed by atoms with van der Waals surface area (Å²) in [6.07, 6.45) is 0. The van der Waals surface area contributed by atoms with Crippen molar-refractivity contribution in [3.05, 3.63) is 87.6 Å². The van der Waals surface area contributed by atoms with E-state index in [9.17, 15) is 9.59 Å². The minimum atomic E-state index is -0.320. The minimum Gasteiger partial charge on any atom is -0.324 e. The number of benzene rings is 2. The van der Waals surface area contributed by atoms with E-state index in [1.807, 2.05) is 66.9 Å². The largest absolute Gasteiger partial charge is 0.324 e. The van der Waals surface area contributed by atoms with E-state index < -0.39 is 0 Å². The third-order valence-electron chi connectivity index (χ3n) is 4.51. The van der Waals surface area contributed by atoms with Crippen LogP contribution in [0.15, 0.2) is 66.0 Å². The number of carbonyl (C=O) groups excluding carboxylic acids is 2. The molecule has 0 spiro atoms. The number of hydrogen-bond donors (Lipinski definition) is 1. The third kappa shape index (κ3) is 3.02. The average molecular weight is 362 g/mol. The Balaban J connectivity index is 1.90. The van der Waals surface area contributed by atoms with Gasteiger partial charge in [0.2, 0.25) is 5.91 Å². The van der Waals surface area contributed by atoms with Crippen molar-refractivity contribution < 1.29 is 9.59 Å². The highest BCUT2D eigenvalue weighted by molar-refractivity contribution is 7.12. The molecule has 26 heavy (non-hydrogen) atoms. The molecule has 0 saturated carbocycles. The number of fused-ring (bicyclic) bond motifs is 1. The second-order valence-corrected chi connectivity index (χ2v) is 7.31. The molecule has 0 radical (unpaired) electrons. The van der Waals surface area contributed by atoms with Gasteiger partial charge in [0.25, 0.3) is 5.91 Å². The van der Waals surface area contributed by atoms with E-state index in [0.717, 1.165) is 22.4 Å². The van der Waals surface area contributed by atoms with Crippen LogP contribution in [0.2, 0.25) is 0 Å². The fourth-order valence-corrected chi connectivity index (χ4v) is 4.03. The molecule has 0 bridgehead atoms. The monoisotopic (exact) mass is 362 g/mol. The Kier molecular flexibility index (Phi) is 4.31. The molecule has 0 fully saturated rings. The summed E-state index contributed by atoms with van der Waals surface area (Å²) in [5, 5.41) is 4.83. The van der Waals surface area contributed by atoms with Gasteiger partial charge < -0.3 is 10.2 Å². The predicted octanol–water partition coefficient (Wildman–Crippen LogP) is 4.24. The van der Waals surface area contributed by atoms with Crippen molar-refractivity contribution >= 4 is 28.8 Å². The molecule has 3 aromatic rings. The van der Waals surface area contributed by atoms with Crippen LogP contribution in [0.1, 0.15) is 32.4 Å². The van der Waals surface area contributed by atoms with Gasteiger partial charge in [-0.3, -0.25) is 9.59 Å². The van der Waals surface area contributed by atoms with Crippen LogP contribution in [-0.4, -0.2) is 23.3 Å². The number of aryl methyl sites for hydroxylation is 1. The summed E-state index contributed by atoms with van der Waals surface area (Å²) in [4.78, 5) is 28.0. The second kappa shape index (κ2) is 6.77. The number of nitrogens with zero attached hydrogens (tertiary/aromatic N) is 1. The van der Waals surface area contributed by atoms with Crippen molar-refractivity contribution in [2.24, 2.45) is 0 Å². The first-order valence-corrected chi connectivity index (χ1v) is 9.31. The lowest BCUT2D eigenvalue weighted by atomic mass is 9.94. The average Bonchev–Trinajstić information content (AvgIpc) is 3.13. The van der Waals surface area contributed by atoms with Gasteiger partial charge in [0, 0.05) is 11.3 Å². The molecular formula is C21H18N2O2S. The normalized spacial score (nSPS) is 16.6. The van der Waals surface area contributed by atoms with Crippen LogP contribution >= 0.6 is 11.3 Å². The van der Waals surface area contributed by atoms with Crippen LogP contribution in [0.25, 0.3) is 0 Å². The highest BCUT2D eigenvalue weighted by atomic mass is 32.1. The number of thiophene rings is 1. The predicted molar refractivity (Wildman–Crippen MR) is 103 cm³/mol. The molecule has 1 atom stereocenters. The van der Waals surface area contributed by atoms with E-state index in [1.54, 1.807) is 11.0 Å². The zero-order chi connectivity index (χ0) is 18.1. The van der Waals surface area contributed by atoms with Gasteiger partial charge in [-0.2, -0.15) is 0 Å². The zero-order valence-corrected chi connectivity index (χ0v) is 15.1. The third-order valence-corrected chi connectivity index (χ3v) is 5.37. The number of anilines is 1. The van der Waals surface area contributed by atoms with Crippen LogP contribution in [0, 0.1) is 6.92 Å². The maximum Gasteiger partial charge on any atom is 0.265 e. The Morgan fingerprint density at radius 2 is 1.92 bits per heavy atom. The van der Waals surface area contributed by atoms with Crippen LogP contribution < -0.4 is 5.32 Å². The molecule has 0 unspecified atom stereocenters. The molecule has 4 nitrogen and oxygen atoms in total. The lowest BCUT2D eigenvalue weighted by Crippen LogP contribution is -2.38. The quantitative estimate of drug-likeness (QED) is 0.741. The summed E-state index contributed by atoms with van der Waals surface area (Å²) in [5.74, 6) is -0.309. The van der Waals surface area contributed by atoms with Gasteiger partial charge in [-0.1, -0.05) is 54.1 Å². The summed E-state index contributed by atoms with van der Waals surface area (Å²) in [6, 6.07) is 19.1. The topological polar surface area (TPSA) is 49.4 Å². The Hall–Kier alpha value is -2.92. The first-order valence-electron chi connectivity index (χ1n) is 8.43. The molecule has 2 aromatic carbocycles. The minimum absolute atomic E-state index is 0.0179. The Bertz CT molecular complexity index is 951. The maximum atomic E-state index is 13.2. The molecule has 4 rings (SSSR count). The lowest BCUT2D eigenvalue weighted by molar-refractivity contribution is -0.117. The van der Waals surface area contributed by atoms with Gasteiger partial charge >= 0.3 is 0 Å². The summed E-state index contributed by atoms with van der Waals surface area (Å²) in [7, 11) is 0. The van der Waals surface area contributed by atoms with E-state index in [4.69, 9.17) is 0 Å². The van der Waals surface area contributed by atoms with Gasteiger partial charge in [-0.15, -0.1) is 11.3 Å². The van der Waals surface area contributed by atoms with E-state index in [-0.39, 0.29) is 24.4 Å². The van der Waals surface area contributed by atoms with Gasteiger partial charge in [-0.05, 0) is 30.0 Å². The first kappa shape index (κ1) is 16.5. The molecule has 130 valence electrons. The smallest absolute Gasteiger partial charge is 0.265 e. The molecule has 5 heteroatoms. The van der Waals surface area contributed by atoms with Crippen LogP contribution in [0.3, 0.4) is 0 Å². The van der Waals surface area contributed by atoms with Crippen molar-refractivity contribution in [3.8, 4) is 0 Å². The van der Waals surface area contributed by atoms with Crippen LogP contribution in [-0.2, 0) is 4.79 Å². The van der Waals surface area contributed by atoms with Crippen molar-refractivity contribution in [2.45, 2.75) is 13.0 Å². The Labute approximate surface area is 156 Å². The number of nitrogens with one attached hydrogen (secondary N) is 1. The molecular weight excluding hydrogens is 344 g/mol. The Morgan fingerprint density at radius 3 is 2.65 bits per heavy atom. The standard InChI is InChI=1S/C21H18N2O2S/c1-14-9-10-17-16(12-14)20(15-6-3-2-4-7-15)23(13-19(24)22-17)21(25)18-8-5-11-26-18/h2-12,20H,13H2,1H3,(H,22,24)/t20-/m1/s1. The highest BCUT2D eigenvalue weighted by Crippen LogP contribution is 2.37. The fraction of sp³-hybridized carbons (Fsp3) is 0.143. The van der Waals surface area contributed by atoms with E-state index in [0.29, 0.717) is 4.88 Å². The molecule has 2 heterocycles. The summed E-state index contributed by atoms with van der Waals surface area (Å²) in [6.45, 7) is 2.03. The van der Waals surface area contributed by atoms with Gasteiger partial charge in [-0.25, -0.2) is 0 Å². The van der Waals surface area contributed by atoms with Gasteiger partial charge in [0.1, 0.15) is 6.54 Å². The van der Waals surface area contributed by atoms with E-state index in [2.05, 4.69) is 5.32 Å². The lowest BCUT2D eigenvalue weighted by Gasteiger charge is -2.30. The van der Waals surface area contributed by atoms with Crippen LogP contribution in [0.4, 0.5) is 5.69 Å². The summed E-state index contributed by atoms with van der Waals surface area (Å²) >= 11 is 1.39. The van der Waals surface area contributed by atoms with Crippen molar-refractivity contribution in [1.82, 2.24) is 4.90 Å². The molecule has 2 amide bonds. The van der Waals surface area contributed by atoms with E-state index in [1.165, 1.54) is 11.3 Å². The fourth-order valence-electron chi connectivity index (χ4n) is 3.35. The van der Waals surface area contributed by atoms with Gasteiger partial charge in [0.05, 0.1) is 10.9 Å². The Morgan fingerprint density at radius 1 is 1.12 bits per heavy atom. The summed E-state index contributed by atoms with van der Waals surface area (Å²) < 4.78 is 0. The number of carbonyl (C=O) groups is 2. The zero-order valence-electron chi connectivity index (χ0n) is 14.3. The van der Waals surface area contributed by atoms with E-state index >= 15 is 0 Å². The van der Waals surface area contributed by atoms with Crippen molar-refractivity contribution in [2.75, 3.05) is 11.9 Å². The molecule has 1 N–H and O–H groups in total. The number of amides is 2. The number of rotatable bonds is 2. The molecule has 1 aliphatic heterocycles. The maximum absolute atomic E-state index is 13.2. The molecule has 1 aliphatic rings. The van der Waals surface area contributed by atoms with Crippen LogP contribution in [0.5, 0.6) is 0 Å². The van der Waals surface area contributed by atoms with Gasteiger partial charge in [0.15, 0.2) is 0 Å². The number of hydrogen-bond acceptors (Lipinski definition) is 3. The molecule has 1 aromatic heterocycles. The highest BCUT2D eigenvalue weighted by Gasteiger charge is 2.34. The summed E-state index contributed by atoms with van der Waals surface area (Å²) in [5.41, 5.74) is 3.77. The van der Waals surface area contributed by atoms with Crippen molar-refractivity contribution in [1.29, 1.82) is 0 Å².